The molecule has 3 amide bonds. The summed E-state index contributed by atoms with van der Waals surface area (Å²) in [7, 11) is 0. The van der Waals surface area contributed by atoms with E-state index in [0.717, 1.165) is 17.7 Å². The lowest BCUT2D eigenvalue weighted by atomic mass is 10.1. The van der Waals surface area contributed by atoms with Gasteiger partial charge in [-0.15, -0.1) is 0 Å². The first-order valence-electron chi connectivity index (χ1n) is 6.06. The number of anilines is 1. The topological polar surface area (TPSA) is 70.2 Å². The van der Waals surface area contributed by atoms with Crippen molar-refractivity contribution in [3.63, 3.8) is 0 Å². The molecule has 5 heteroatoms. The van der Waals surface area contributed by atoms with Crippen LogP contribution < -0.4 is 16.0 Å². The normalized spacial score (nSPS) is 9.67. The lowest BCUT2D eigenvalue weighted by Gasteiger charge is -2.10. The van der Waals surface area contributed by atoms with Gasteiger partial charge in [0.05, 0.1) is 6.54 Å². The smallest absolute Gasteiger partial charge is 0.321 e. The Morgan fingerprint density at radius 2 is 1.89 bits per heavy atom. The van der Waals surface area contributed by atoms with Crippen LogP contribution in [-0.2, 0) is 11.2 Å². The van der Waals surface area contributed by atoms with Gasteiger partial charge in [-0.1, -0.05) is 25.1 Å². The number of hydrogen-bond acceptors (Lipinski definition) is 3. The summed E-state index contributed by atoms with van der Waals surface area (Å²) in [5.41, 5.74) is 2.06. The number of hydrogen-bond donors (Lipinski definition) is 3. The Balaban J connectivity index is 2.45. The van der Waals surface area contributed by atoms with Crippen LogP contribution in [0.15, 0.2) is 24.3 Å². The quantitative estimate of drug-likeness (QED) is 0.740. The molecule has 18 heavy (non-hydrogen) atoms. The number of aryl methyl sites for hydroxylation is 1. The predicted octanol–water partition coefficient (Wildman–Crippen LogP) is 1.51. The van der Waals surface area contributed by atoms with Gasteiger partial charge in [-0.25, -0.2) is 4.79 Å². The Hall–Kier alpha value is -2.04. The van der Waals surface area contributed by atoms with Gasteiger partial charge in [0.2, 0.25) is 5.91 Å². The zero-order valence-corrected chi connectivity index (χ0v) is 10.7. The van der Waals surface area contributed by atoms with Crippen molar-refractivity contribution in [2.24, 2.45) is 0 Å². The average molecular weight is 249 g/mol. The van der Waals surface area contributed by atoms with Crippen molar-refractivity contribution in [2.75, 3.05) is 18.4 Å². The van der Waals surface area contributed by atoms with E-state index in [-0.39, 0.29) is 12.5 Å². The first kappa shape index (κ1) is 14.0. The van der Waals surface area contributed by atoms with Crippen molar-refractivity contribution < 1.29 is 9.59 Å². The van der Waals surface area contributed by atoms with Crippen LogP contribution in [0.4, 0.5) is 10.5 Å². The number of amides is 3. The summed E-state index contributed by atoms with van der Waals surface area (Å²) >= 11 is 0. The van der Waals surface area contributed by atoms with Gasteiger partial charge in [0.1, 0.15) is 0 Å². The monoisotopic (exact) mass is 249 g/mol. The molecule has 0 unspecified atom stereocenters. The van der Waals surface area contributed by atoms with Gasteiger partial charge in [-0.3, -0.25) is 10.1 Å². The zero-order chi connectivity index (χ0) is 13.4. The zero-order valence-electron chi connectivity index (χ0n) is 10.7. The Morgan fingerprint density at radius 1 is 1.17 bits per heavy atom. The van der Waals surface area contributed by atoms with Gasteiger partial charge < -0.3 is 10.6 Å². The lowest BCUT2D eigenvalue weighted by molar-refractivity contribution is -0.118. The third kappa shape index (κ3) is 4.45. The maximum absolute atomic E-state index is 11.5. The van der Waals surface area contributed by atoms with Gasteiger partial charge in [-0.2, -0.15) is 0 Å². The molecule has 1 rings (SSSR count). The molecule has 0 saturated carbocycles. The highest BCUT2D eigenvalue weighted by Crippen LogP contribution is 2.14. The van der Waals surface area contributed by atoms with Gasteiger partial charge in [0, 0.05) is 12.2 Å². The van der Waals surface area contributed by atoms with Crippen LogP contribution in [0.3, 0.4) is 0 Å². The molecule has 0 aliphatic carbocycles. The minimum atomic E-state index is -0.465. The largest absolute Gasteiger partial charge is 0.376 e. The van der Waals surface area contributed by atoms with E-state index in [1.807, 2.05) is 24.3 Å². The molecule has 5 nitrogen and oxygen atoms in total. The van der Waals surface area contributed by atoms with E-state index in [1.165, 1.54) is 0 Å². The van der Waals surface area contributed by atoms with Crippen molar-refractivity contribution >= 4 is 17.6 Å². The number of rotatable bonds is 5. The number of benzene rings is 1. The first-order chi connectivity index (χ1) is 8.67. The summed E-state index contributed by atoms with van der Waals surface area (Å²) < 4.78 is 0. The lowest BCUT2D eigenvalue weighted by Crippen LogP contribution is -2.41. The number of nitrogens with one attached hydrogen (secondary N) is 3. The second kappa shape index (κ2) is 7.32. The molecule has 98 valence electrons. The molecular weight excluding hydrogens is 230 g/mol. The molecule has 0 heterocycles. The average Bonchev–Trinajstić information content (AvgIpc) is 2.37. The number of carbonyl (C=O) groups excluding carboxylic acids is 2. The maximum Gasteiger partial charge on any atom is 0.321 e. The molecule has 0 radical (unpaired) electrons. The highest BCUT2D eigenvalue weighted by atomic mass is 16.2. The predicted molar refractivity (Wildman–Crippen MR) is 71.5 cm³/mol. The third-order valence-electron chi connectivity index (χ3n) is 2.43. The first-order valence-corrected chi connectivity index (χ1v) is 6.06. The van der Waals surface area contributed by atoms with E-state index in [2.05, 4.69) is 22.9 Å². The van der Waals surface area contributed by atoms with Gasteiger partial charge in [0.25, 0.3) is 0 Å². The second-order valence-corrected chi connectivity index (χ2v) is 3.77. The molecule has 0 saturated heterocycles. The minimum Gasteiger partial charge on any atom is -0.376 e. The van der Waals surface area contributed by atoms with Crippen LogP contribution in [-0.4, -0.2) is 25.0 Å². The van der Waals surface area contributed by atoms with E-state index < -0.39 is 6.03 Å². The summed E-state index contributed by atoms with van der Waals surface area (Å²) in [5, 5.41) is 7.75. The molecule has 0 spiro atoms. The Bertz CT molecular complexity index is 418. The van der Waals surface area contributed by atoms with Gasteiger partial charge >= 0.3 is 6.03 Å². The van der Waals surface area contributed by atoms with Crippen LogP contribution in [0.1, 0.15) is 19.4 Å². The Morgan fingerprint density at radius 3 is 2.56 bits per heavy atom. The highest BCUT2D eigenvalue weighted by molar-refractivity contribution is 5.96. The molecule has 0 aliphatic heterocycles. The van der Waals surface area contributed by atoms with Crippen LogP contribution >= 0.6 is 0 Å². The van der Waals surface area contributed by atoms with Crippen molar-refractivity contribution in [1.29, 1.82) is 0 Å². The summed E-state index contributed by atoms with van der Waals surface area (Å²) in [5.74, 6) is -0.355. The molecule has 0 bridgehead atoms. The number of para-hydroxylation sites is 1. The number of urea groups is 1. The van der Waals surface area contributed by atoms with E-state index in [0.29, 0.717) is 6.54 Å². The molecule has 3 N–H and O–H groups in total. The molecule has 0 aromatic heterocycles. The van der Waals surface area contributed by atoms with Gasteiger partial charge in [-0.05, 0) is 25.0 Å². The van der Waals surface area contributed by atoms with E-state index in [9.17, 15) is 9.59 Å². The standard InChI is InChI=1S/C13H19N3O2/c1-3-10-7-5-6-8-11(10)15-9-12(17)16-13(18)14-4-2/h5-8,15H,3-4,9H2,1-2H3,(H2,14,16,17,18). The molecule has 0 fully saturated rings. The Labute approximate surface area is 107 Å². The third-order valence-corrected chi connectivity index (χ3v) is 2.43. The number of imide groups is 1. The minimum absolute atomic E-state index is 0.0775. The number of carbonyl (C=O) groups is 2. The summed E-state index contributed by atoms with van der Waals surface area (Å²) in [6.07, 6.45) is 0.890. The fraction of sp³-hybridized carbons (Fsp3) is 0.385. The van der Waals surface area contributed by atoms with Gasteiger partial charge in [0.15, 0.2) is 0 Å². The second-order valence-electron chi connectivity index (χ2n) is 3.77. The molecule has 1 aromatic carbocycles. The van der Waals surface area contributed by atoms with Crippen LogP contribution in [0.25, 0.3) is 0 Å². The van der Waals surface area contributed by atoms with Crippen molar-refractivity contribution in [1.82, 2.24) is 10.6 Å². The van der Waals surface area contributed by atoms with Crippen molar-refractivity contribution in [2.45, 2.75) is 20.3 Å². The van der Waals surface area contributed by atoms with Crippen molar-refractivity contribution in [3.8, 4) is 0 Å². The van der Waals surface area contributed by atoms with E-state index in [1.54, 1.807) is 6.92 Å². The highest BCUT2D eigenvalue weighted by Gasteiger charge is 2.06. The van der Waals surface area contributed by atoms with E-state index in [4.69, 9.17) is 0 Å². The van der Waals surface area contributed by atoms with E-state index >= 15 is 0 Å². The molecule has 1 aromatic rings. The Kier molecular flexibility index (Phi) is 5.70. The molecule has 0 atom stereocenters. The molecule has 0 aliphatic rings. The maximum atomic E-state index is 11.5. The van der Waals surface area contributed by atoms with Crippen LogP contribution in [0.2, 0.25) is 0 Å². The van der Waals surface area contributed by atoms with Crippen molar-refractivity contribution in [3.05, 3.63) is 29.8 Å². The molecular formula is C13H19N3O2. The fourth-order valence-electron chi connectivity index (χ4n) is 1.55. The summed E-state index contributed by atoms with van der Waals surface area (Å²) in [6.45, 7) is 4.41. The summed E-state index contributed by atoms with van der Waals surface area (Å²) in [6, 6.07) is 7.32. The SMILES string of the molecule is CCNC(=O)NC(=O)CNc1ccccc1CC. The van der Waals surface area contributed by atoms with Crippen LogP contribution in [0, 0.1) is 0 Å². The van der Waals surface area contributed by atoms with Crippen LogP contribution in [0.5, 0.6) is 0 Å². The fourth-order valence-corrected chi connectivity index (χ4v) is 1.55. The summed E-state index contributed by atoms with van der Waals surface area (Å²) in [4.78, 5) is 22.6.